The molecule has 0 nitrogen and oxygen atoms in total. The van der Waals surface area contributed by atoms with Crippen molar-refractivity contribution >= 4 is 0 Å². The lowest BCUT2D eigenvalue weighted by atomic mass is 9.76. The van der Waals surface area contributed by atoms with Gasteiger partial charge >= 0.3 is 0 Å². The minimum Gasteiger partial charge on any atom is -0.0917 e. The van der Waals surface area contributed by atoms with Crippen molar-refractivity contribution in [1.82, 2.24) is 0 Å². The first-order valence-corrected chi connectivity index (χ1v) is 11.5. The van der Waals surface area contributed by atoms with Crippen LogP contribution in [0.2, 0.25) is 0 Å². The van der Waals surface area contributed by atoms with E-state index in [0.29, 0.717) is 0 Å². The molecule has 0 spiro atoms. The Labute approximate surface area is 163 Å². The van der Waals surface area contributed by atoms with Gasteiger partial charge in [-0.3, -0.25) is 0 Å². The van der Waals surface area contributed by atoms with Crippen LogP contribution in [-0.4, -0.2) is 0 Å². The second kappa shape index (κ2) is 11.6. The summed E-state index contributed by atoms with van der Waals surface area (Å²) < 4.78 is 0. The Balaban J connectivity index is 0.00000117. The molecule has 3 rings (SSSR count). The molecule has 0 heterocycles. The van der Waals surface area contributed by atoms with Gasteiger partial charge < -0.3 is 0 Å². The normalized spacial score (nSPS) is 29.2. The fourth-order valence-corrected chi connectivity index (χ4v) is 4.92. The maximum Gasteiger partial charge on any atom is -0.0162 e. The van der Waals surface area contributed by atoms with Crippen molar-refractivity contribution < 1.29 is 0 Å². The van der Waals surface area contributed by atoms with Crippen LogP contribution < -0.4 is 0 Å². The van der Waals surface area contributed by atoms with Crippen LogP contribution in [0.3, 0.4) is 0 Å². The van der Waals surface area contributed by atoms with Crippen LogP contribution in [0.25, 0.3) is 0 Å². The van der Waals surface area contributed by atoms with E-state index in [1.165, 1.54) is 64.2 Å². The van der Waals surface area contributed by atoms with Gasteiger partial charge in [-0.05, 0) is 93.1 Å². The topological polar surface area (TPSA) is 0 Å². The molecule has 0 radical (unpaired) electrons. The monoisotopic (exact) mass is 354 g/mol. The van der Waals surface area contributed by atoms with Gasteiger partial charge in [-0.1, -0.05) is 70.0 Å². The summed E-state index contributed by atoms with van der Waals surface area (Å²) in [5.41, 5.74) is 3.21. The van der Waals surface area contributed by atoms with Crippen molar-refractivity contribution in [3.05, 3.63) is 47.5 Å². The average molecular weight is 355 g/mol. The maximum absolute atomic E-state index is 2.46. The minimum absolute atomic E-state index is 0.823. The summed E-state index contributed by atoms with van der Waals surface area (Å²) in [6.07, 6.45) is 18.5. The van der Waals surface area contributed by atoms with Crippen LogP contribution in [0.5, 0.6) is 0 Å². The van der Waals surface area contributed by atoms with Crippen molar-refractivity contribution in [2.24, 2.45) is 11.8 Å². The highest BCUT2D eigenvalue weighted by Crippen LogP contribution is 2.39. The predicted octanol–water partition coefficient (Wildman–Crippen LogP) is 8.64. The molecule has 0 atom stereocenters. The number of benzene rings is 1. The molecule has 0 N–H and O–H groups in total. The van der Waals surface area contributed by atoms with E-state index in [4.69, 9.17) is 0 Å². The lowest BCUT2D eigenvalue weighted by Crippen LogP contribution is -2.14. The van der Waals surface area contributed by atoms with Gasteiger partial charge in [0, 0.05) is 0 Å². The van der Waals surface area contributed by atoms with E-state index >= 15 is 0 Å². The Kier molecular flexibility index (Phi) is 9.51. The number of rotatable bonds is 5. The summed E-state index contributed by atoms with van der Waals surface area (Å²) in [6, 6.07) is 9.82. The fraction of sp³-hybridized carbons (Fsp3) is 0.692. The first-order chi connectivity index (χ1) is 12.8. The molecule has 2 saturated carbocycles. The van der Waals surface area contributed by atoms with Crippen LogP contribution in [0, 0.1) is 11.8 Å². The summed E-state index contributed by atoms with van der Waals surface area (Å²) in [4.78, 5) is 0. The Morgan fingerprint density at radius 1 is 0.769 bits per heavy atom. The van der Waals surface area contributed by atoms with Crippen molar-refractivity contribution in [3.8, 4) is 0 Å². The molecule has 0 saturated heterocycles. The Hall–Kier alpha value is -1.04. The molecule has 1 aromatic rings. The van der Waals surface area contributed by atoms with E-state index in [2.05, 4.69) is 50.3 Å². The van der Waals surface area contributed by atoms with Crippen molar-refractivity contribution in [2.45, 2.75) is 104 Å². The maximum atomic E-state index is 2.46. The molecule has 0 bridgehead atoms. The van der Waals surface area contributed by atoms with Gasteiger partial charge in [0.2, 0.25) is 0 Å². The molecule has 146 valence electrons. The Bertz CT molecular complexity index is 493. The summed E-state index contributed by atoms with van der Waals surface area (Å²) in [5, 5.41) is 0. The highest BCUT2D eigenvalue weighted by atomic mass is 14.3. The van der Waals surface area contributed by atoms with Crippen LogP contribution in [0.4, 0.5) is 0 Å². The molecule has 2 aliphatic carbocycles. The van der Waals surface area contributed by atoms with Gasteiger partial charge in [-0.2, -0.15) is 0 Å². The van der Waals surface area contributed by atoms with E-state index in [9.17, 15) is 0 Å². The Morgan fingerprint density at radius 2 is 1.23 bits per heavy atom. The molecule has 2 fully saturated rings. The number of allylic oxidation sites excluding steroid dienone is 2. The molecule has 0 unspecified atom stereocenters. The van der Waals surface area contributed by atoms with Crippen LogP contribution in [-0.2, 0) is 0 Å². The lowest BCUT2D eigenvalue weighted by Gasteiger charge is -2.29. The summed E-state index contributed by atoms with van der Waals surface area (Å²) >= 11 is 0. The van der Waals surface area contributed by atoms with Gasteiger partial charge in [-0.25, -0.2) is 0 Å². The standard InChI is InChI=1S/C24H36.C2H6/c1-3-4-5-6-20-9-13-22(14-10-20)24-17-15-23(16-18-24)21-11-7-19(2)8-12-21;1-2/h3-4,15-22H,5-14H2,1-2H3;1-2H3/b4-3+;. The molecule has 26 heavy (non-hydrogen) atoms. The van der Waals surface area contributed by atoms with Crippen LogP contribution >= 0.6 is 0 Å². The van der Waals surface area contributed by atoms with E-state index < -0.39 is 0 Å². The average Bonchev–Trinajstić information content (AvgIpc) is 2.71. The Morgan fingerprint density at radius 3 is 1.69 bits per heavy atom. The predicted molar refractivity (Wildman–Crippen MR) is 117 cm³/mol. The van der Waals surface area contributed by atoms with Crippen LogP contribution in [0.15, 0.2) is 36.4 Å². The van der Waals surface area contributed by atoms with Crippen molar-refractivity contribution in [3.63, 3.8) is 0 Å². The van der Waals surface area contributed by atoms with E-state index in [1.807, 2.05) is 13.8 Å². The van der Waals surface area contributed by atoms with Crippen molar-refractivity contribution in [1.29, 1.82) is 0 Å². The fourth-order valence-electron chi connectivity index (χ4n) is 4.92. The molecule has 2 aliphatic rings. The zero-order valence-electron chi connectivity index (χ0n) is 17.8. The molecule has 1 aromatic carbocycles. The molecule has 0 heteroatoms. The zero-order valence-corrected chi connectivity index (χ0v) is 17.8. The summed E-state index contributed by atoms with van der Waals surface area (Å²) in [7, 11) is 0. The quantitative estimate of drug-likeness (QED) is 0.464. The highest BCUT2D eigenvalue weighted by Gasteiger charge is 2.23. The molecule has 0 aliphatic heterocycles. The minimum atomic E-state index is 0.823. The van der Waals surface area contributed by atoms with Gasteiger partial charge in [0.05, 0.1) is 0 Å². The van der Waals surface area contributed by atoms with Gasteiger partial charge in [-0.15, -0.1) is 0 Å². The third-order valence-electron chi connectivity index (χ3n) is 6.72. The number of hydrogen-bond acceptors (Lipinski definition) is 0. The highest BCUT2D eigenvalue weighted by molar-refractivity contribution is 5.28. The second-order valence-electron chi connectivity index (χ2n) is 8.49. The van der Waals surface area contributed by atoms with E-state index in [-0.39, 0.29) is 0 Å². The summed E-state index contributed by atoms with van der Waals surface area (Å²) in [5.74, 6) is 3.57. The smallest absolute Gasteiger partial charge is 0.0162 e. The van der Waals surface area contributed by atoms with E-state index in [1.54, 1.807) is 11.1 Å². The largest absolute Gasteiger partial charge is 0.0917 e. The van der Waals surface area contributed by atoms with Crippen molar-refractivity contribution in [2.75, 3.05) is 0 Å². The third-order valence-corrected chi connectivity index (χ3v) is 6.72. The third kappa shape index (κ3) is 6.29. The summed E-state index contributed by atoms with van der Waals surface area (Å²) in [6.45, 7) is 8.54. The van der Waals surface area contributed by atoms with E-state index in [0.717, 1.165) is 23.7 Å². The first kappa shape index (κ1) is 21.3. The number of hydrogen-bond donors (Lipinski definition) is 0. The van der Waals surface area contributed by atoms with Gasteiger partial charge in [0.15, 0.2) is 0 Å². The SMILES string of the molecule is C/C=C/CCC1CCC(c2ccc(C3CCC(C)CC3)cc2)CC1.CC. The second-order valence-corrected chi connectivity index (χ2v) is 8.49. The first-order valence-electron chi connectivity index (χ1n) is 11.5. The molecule has 0 aromatic heterocycles. The van der Waals surface area contributed by atoms with Gasteiger partial charge in [0.1, 0.15) is 0 Å². The molecular weight excluding hydrogens is 312 g/mol. The molecular formula is C26H42. The zero-order chi connectivity index (χ0) is 18.8. The van der Waals surface area contributed by atoms with Crippen LogP contribution in [0.1, 0.15) is 115 Å². The molecule has 0 amide bonds. The lowest BCUT2D eigenvalue weighted by molar-refractivity contribution is 0.311. The van der Waals surface area contributed by atoms with Gasteiger partial charge in [0.25, 0.3) is 0 Å².